The number of imidazole rings is 1. The minimum atomic E-state index is 0.730. The van der Waals surface area contributed by atoms with Gasteiger partial charge in [-0.15, -0.1) is 0 Å². The molecule has 22 heavy (non-hydrogen) atoms. The van der Waals surface area contributed by atoms with Crippen LogP contribution in [0.15, 0.2) is 29.4 Å². The highest BCUT2D eigenvalue weighted by Crippen LogP contribution is 2.29. The predicted octanol–water partition coefficient (Wildman–Crippen LogP) is 5.74. The zero-order valence-corrected chi connectivity index (χ0v) is 14.8. The number of H-pyrrole nitrogens is 1. The summed E-state index contributed by atoms with van der Waals surface area (Å²) in [6.45, 7) is 8.77. The third kappa shape index (κ3) is 2.88. The fourth-order valence-corrected chi connectivity index (χ4v) is 3.91. The summed E-state index contributed by atoms with van der Waals surface area (Å²) in [5.74, 6) is 0.924. The molecule has 2 nitrogen and oxygen atoms in total. The van der Waals surface area contributed by atoms with Crippen molar-refractivity contribution in [1.82, 2.24) is 9.97 Å². The number of aromatic amines is 1. The average molecular weight is 331 g/mol. The van der Waals surface area contributed by atoms with Crippen LogP contribution in [-0.4, -0.2) is 9.97 Å². The van der Waals surface area contributed by atoms with Gasteiger partial charge in [0, 0.05) is 10.8 Å². The standard InChI is InChI=1S/C18H19ClN2S/c1-10-7-11(2)13(4)15(12(10)3)9-22-18-20-16-6-5-14(19)8-17(16)21-18/h5-8H,9H2,1-4H3,(H,20,21). The van der Waals surface area contributed by atoms with E-state index in [0.717, 1.165) is 27.0 Å². The van der Waals surface area contributed by atoms with Crippen LogP contribution in [0.2, 0.25) is 5.02 Å². The number of hydrogen-bond donors (Lipinski definition) is 1. The van der Waals surface area contributed by atoms with Crippen molar-refractivity contribution in [3.63, 3.8) is 0 Å². The Hall–Kier alpha value is -1.45. The highest BCUT2D eigenvalue weighted by Gasteiger charge is 2.10. The molecule has 0 radical (unpaired) electrons. The lowest BCUT2D eigenvalue weighted by molar-refractivity contribution is 1.07. The molecule has 1 aromatic heterocycles. The lowest BCUT2D eigenvalue weighted by Crippen LogP contribution is -1.98. The zero-order valence-electron chi connectivity index (χ0n) is 13.2. The maximum atomic E-state index is 6.02. The van der Waals surface area contributed by atoms with Crippen LogP contribution >= 0.6 is 23.4 Å². The number of fused-ring (bicyclic) bond motifs is 1. The summed E-state index contributed by atoms with van der Waals surface area (Å²) in [5, 5.41) is 1.67. The molecule has 0 unspecified atom stereocenters. The first-order valence-electron chi connectivity index (χ1n) is 7.30. The first-order chi connectivity index (χ1) is 10.5. The SMILES string of the molecule is Cc1cc(C)c(C)c(CSc2nc3ccc(Cl)cc3[nH]2)c1C. The molecule has 0 saturated heterocycles. The molecule has 0 bridgehead atoms. The van der Waals surface area contributed by atoms with Crippen molar-refractivity contribution in [3.05, 3.63) is 57.1 Å². The van der Waals surface area contributed by atoms with Crippen molar-refractivity contribution in [2.45, 2.75) is 38.6 Å². The van der Waals surface area contributed by atoms with E-state index in [1.165, 1.54) is 27.8 Å². The summed E-state index contributed by atoms with van der Waals surface area (Å²) in [6, 6.07) is 8.01. The van der Waals surface area contributed by atoms with Crippen molar-refractivity contribution in [2.24, 2.45) is 0 Å². The third-order valence-corrected chi connectivity index (χ3v) is 5.43. The highest BCUT2D eigenvalue weighted by atomic mass is 35.5. The van der Waals surface area contributed by atoms with Gasteiger partial charge in [-0.2, -0.15) is 0 Å². The number of aryl methyl sites for hydroxylation is 2. The van der Waals surface area contributed by atoms with Crippen LogP contribution in [0, 0.1) is 27.7 Å². The molecular weight excluding hydrogens is 312 g/mol. The molecule has 1 heterocycles. The van der Waals surface area contributed by atoms with Gasteiger partial charge in [0.2, 0.25) is 0 Å². The van der Waals surface area contributed by atoms with Crippen LogP contribution in [0.5, 0.6) is 0 Å². The Balaban J connectivity index is 1.88. The van der Waals surface area contributed by atoms with E-state index < -0.39 is 0 Å². The van der Waals surface area contributed by atoms with E-state index in [0.29, 0.717) is 0 Å². The number of benzene rings is 2. The van der Waals surface area contributed by atoms with E-state index in [9.17, 15) is 0 Å². The van der Waals surface area contributed by atoms with Gasteiger partial charge < -0.3 is 4.98 Å². The normalized spacial score (nSPS) is 11.3. The molecule has 1 N–H and O–H groups in total. The second kappa shape index (κ2) is 5.98. The van der Waals surface area contributed by atoms with Gasteiger partial charge in [0.15, 0.2) is 5.16 Å². The molecule has 0 amide bonds. The van der Waals surface area contributed by atoms with E-state index in [4.69, 9.17) is 11.6 Å². The largest absolute Gasteiger partial charge is 0.333 e. The monoisotopic (exact) mass is 330 g/mol. The van der Waals surface area contributed by atoms with Crippen molar-refractivity contribution >= 4 is 34.4 Å². The quantitative estimate of drug-likeness (QED) is 0.620. The van der Waals surface area contributed by atoms with Gasteiger partial charge >= 0.3 is 0 Å². The Morgan fingerprint density at radius 1 is 1.05 bits per heavy atom. The van der Waals surface area contributed by atoms with Crippen LogP contribution in [-0.2, 0) is 5.75 Å². The van der Waals surface area contributed by atoms with Gasteiger partial charge in [0.25, 0.3) is 0 Å². The molecule has 0 fully saturated rings. The van der Waals surface area contributed by atoms with E-state index >= 15 is 0 Å². The molecule has 4 heteroatoms. The van der Waals surface area contributed by atoms with Crippen LogP contribution in [0.3, 0.4) is 0 Å². The highest BCUT2D eigenvalue weighted by molar-refractivity contribution is 7.98. The van der Waals surface area contributed by atoms with Gasteiger partial charge in [-0.1, -0.05) is 29.4 Å². The fourth-order valence-electron chi connectivity index (χ4n) is 2.68. The molecule has 114 valence electrons. The minimum absolute atomic E-state index is 0.730. The summed E-state index contributed by atoms with van der Waals surface area (Å²) in [5.41, 5.74) is 8.85. The summed E-state index contributed by atoms with van der Waals surface area (Å²) in [6.07, 6.45) is 0. The summed E-state index contributed by atoms with van der Waals surface area (Å²) >= 11 is 7.76. The molecule has 0 aliphatic carbocycles. The number of nitrogens with zero attached hydrogens (tertiary/aromatic N) is 1. The van der Waals surface area contributed by atoms with Crippen molar-refractivity contribution in [1.29, 1.82) is 0 Å². The van der Waals surface area contributed by atoms with Crippen molar-refractivity contribution in [2.75, 3.05) is 0 Å². The molecule has 2 aromatic carbocycles. The Bertz CT molecular complexity index is 826. The predicted molar refractivity (Wildman–Crippen MR) is 96.1 cm³/mol. The summed E-state index contributed by atoms with van der Waals surface area (Å²) < 4.78 is 0. The topological polar surface area (TPSA) is 28.7 Å². The maximum absolute atomic E-state index is 6.02. The second-order valence-corrected chi connectivity index (χ2v) is 7.13. The number of hydrogen-bond acceptors (Lipinski definition) is 2. The van der Waals surface area contributed by atoms with Gasteiger partial charge in [0.05, 0.1) is 11.0 Å². The summed E-state index contributed by atoms with van der Waals surface area (Å²) in [7, 11) is 0. The number of halogens is 1. The van der Waals surface area contributed by atoms with E-state index in [1.54, 1.807) is 11.8 Å². The molecule has 0 spiro atoms. The molecule has 3 rings (SSSR count). The minimum Gasteiger partial charge on any atom is -0.333 e. The van der Waals surface area contributed by atoms with Crippen LogP contribution in [0.25, 0.3) is 11.0 Å². The van der Waals surface area contributed by atoms with Gasteiger partial charge in [-0.25, -0.2) is 4.98 Å². The lowest BCUT2D eigenvalue weighted by atomic mass is 9.95. The average Bonchev–Trinajstić information content (AvgIpc) is 2.87. The molecule has 3 aromatic rings. The van der Waals surface area contributed by atoms with Gasteiger partial charge in [-0.3, -0.25) is 0 Å². The second-order valence-electron chi connectivity index (χ2n) is 5.73. The Morgan fingerprint density at radius 2 is 1.73 bits per heavy atom. The van der Waals surface area contributed by atoms with Crippen molar-refractivity contribution in [3.8, 4) is 0 Å². The number of aromatic nitrogens is 2. The van der Waals surface area contributed by atoms with Crippen LogP contribution in [0.1, 0.15) is 27.8 Å². The van der Waals surface area contributed by atoms with Gasteiger partial charge in [-0.05, 0) is 73.7 Å². The number of thioether (sulfide) groups is 1. The smallest absolute Gasteiger partial charge is 0.166 e. The van der Waals surface area contributed by atoms with E-state index in [2.05, 4.69) is 43.7 Å². The lowest BCUT2D eigenvalue weighted by Gasteiger charge is -2.14. The molecule has 0 aliphatic heterocycles. The third-order valence-electron chi connectivity index (χ3n) is 4.30. The summed E-state index contributed by atoms with van der Waals surface area (Å²) in [4.78, 5) is 7.96. The molecular formula is C18H19ClN2S. The van der Waals surface area contributed by atoms with E-state index in [1.807, 2.05) is 18.2 Å². The zero-order chi connectivity index (χ0) is 15.9. The van der Waals surface area contributed by atoms with Crippen molar-refractivity contribution < 1.29 is 0 Å². The maximum Gasteiger partial charge on any atom is 0.166 e. The first kappa shape index (κ1) is 15.4. The van der Waals surface area contributed by atoms with Gasteiger partial charge in [0.1, 0.15) is 0 Å². The Morgan fingerprint density at radius 3 is 2.41 bits per heavy atom. The molecule has 0 saturated carbocycles. The number of nitrogens with one attached hydrogen (secondary N) is 1. The molecule has 0 aliphatic rings. The molecule has 0 atom stereocenters. The van der Waals surface area contributed by atoms with Crippen LogP contribution < -0.4 is 0 Å². The fraction of sp³-hybridized carbons (Fsp3) is 0.278. The Labute approximate surface area is 140 Å². The Kier molecular flexibility index (Phi) is 4.20. The van der Waals surface area contributed by atoms with Crippen LogP contribution in [0.4, 0.5) is 0 Å². The first-order valence-corrected chi connectivity index (χ1v) is 8.66. The number of rotatable bonds is 3. The van der Waals surface area contributed by atoms with E-state index in [-0.39, 0.29) is 0 Å².